The predicted octanol–water partition coefficient (Wildman–Crippen LogP) is 4.24. The van der Waals surface area contributed by atoms with E-state index in [9.17, 15) is 4.79 Å². The summed E-state index contributed by atoms with van der Waals surface area (Å²) in [5, 5.41) is 0.230. The number of thioether (sulfide) groups is 1. The average Bonchev–Trinajstić information content (AvgIpc) is 2.48. The molecule has 0 aromatic heterocycles. The number of rotatable bonds is 9. The molecule has 0 bridgehead atoms. The molecule has 0 spiro atoms. The van der Waals surface area contributed by atoms with Crippen molar-refractivity contribution in [1.29, 1.82) is 0 Å². The van der Waals surface area contributed by atoms with Gasteiger partial charge in [0, 0.05) is 11.3 Å². The van der Waals surface area contributed by atoms with Gasteiger partial charge in [0.1, 0.15) is 0 Å². The monoisotopic (exact) mass is 293 g/mol. The summed E-state index contributed by atoms with van der Waals surface area (Å²) in [4.78, 5) is 14.7. The van der Waals surface area contributed by atoms with Gasteiger partial charge in [-0.25, -0.2) is 0 Å². The van der Waals surface area contributed by atoms with E-state index in [0.29, 0.717) is 0 Å². The molecule has 20 heavy (non-hydrogen) atoms. The highest BCUT2D eigenvalue weighted by Gasteiger charge is 2.10. The lowest BCUT2D eigenvalue weighted by Crippen LogP contribution is -2.24. The molecule has 0 unspecified atom stereocenters. The summed E-state index contributed by atoms with van der Waals surface area (Å²) in [7, 11) is 0. The van der Waals surface area contributed by atoms with Crippen LogP contribution in [-0.2, 0) is 6.42 Å². The Hall–Kier alpha value is -0.800. The molecule has 112 valence electrons. The molecule has 0 amide bonds. The molecule has 1 aromatic rings. The van der Waals surface area contributed by atoms with E-state index in [-0.39, 0.29) is 5.12 Å². The molecule has 0 aliphatic carbocycles. The van der Waals surface area contributed by atoms with Gasteiger partial charge in [-0.3, -0.25) is 4.79 Å². The van der Waals surface area contributed by atoms with Crippen molar-refractivity contribution in [1.82, 2.24) is 4.90 Å². The van der Waals surface area contributed by atoms with Gasteiger partial charge in [0.15, 0.2) is 0 Å². The van der Waals surface area contributed by atoms with Crippen LogP contribution in [0.4, 0.5) is 0 Å². The van der Waals surface area contributed by atoms with E-state index >= 15 is 0 Å². The highest BCUT2D eigenvalue weighted by atomic mass is 32.2. The van der Waals surface area contributed by atoms with Gasteiger partial charge in [-0.2, -0.15) is 0 Å². The zero-order chi connectivity index (χ0) is 14.8. The van der Waals surface area contributed by atoms with E-state index in [0.717, 1.165) is 50.2 Å². The third-order valence-corrected chi connectivity index (χ3v) is 4.48. The lowest BCUT2D eigenvalue weighted by molar-refractivity contribution is 0.108. The minimum Gasteiger partial charge on any atom is -0.304 e. The number of benzene rings is 1. The molecular formula is C17H27NOS. The van der Waals surface area contributed by atoms with Crippen LogP contribution in [0.5, 0.6) is 0 Å². The van der Waals surface area contributed by atoms with Crippen LogP contribution >= 0.6 is 11.8 Å². The van der Waals surface area contributed by atoms with Crippen LogP contribution in [-0.4, -0.2) is 35.4 Å². The number of carbonyl (C=O) groups excluding carboxylic acids is 1. The van der Waals surface area contributed by atoms with Crippen LogP contribution in [0.15, 0.2) is 24.3 Å². The molecule has 0 saturated heterocycles. The van der Waals surface area contributed by atoms with E-state index in [1.54, 1.807) is 0 Å². The zero-order valence-electron chi connectivity index (χ0n) is 13.0. The highest BCUT2D eigenvalue weighted by Crippen LogP contribution is 2.18. The molecule has 0 fully saturated rings. The molecule has 3 heteroatoms. The second kappa shape index (κ2) is 10.0. The zero-order valence-corrected chi connectivity index (χ0v) is 13.8. The maximum Gasteiger partial charge on any atom is 0.219 e. The number of aryl methyl sites for hydroxylation is 1. The second-order valence-electron chi connectivity index (χ2n) is 4.92. The first-order valence-corrected chi connectivity index (χ1v) is 8.68. The first-order valence-electron chi connectivity index (χ1n) is 7.70. The van der Waals surface area contributed by atoms with Crippen LogP contribution in [0.2, 0.25) is 0 Å². The van der Waals surface area contributed by atoms with Crippen molar-refractivity contribution in [3.8, 4) is 0 Å². The summed E-state index contributed by atoms with van der Waals surface area (Å²) in [6, 6.07) is 8.02. The summed E-state index contributed by atoms with van der Waals surface area (Å²) in [6.45, 7) is 9.79. The smallest absolute Gasteiger partial charge is 0.219 e. The van der Waals surface area contributed by atoms with E-state index in [2.05, 4.69) is 31.7 Å². The predicted molar refractivity (Wildman–Crippen MR) is 89.6 cm³/mol. The molecule has 2 nitrogen and oxygen atoms in total. The van der Waals surface area contributed by atoms with E-state index < -0.39 is 0 Å². The highest BCUT2D eigenvalue weighted by molar-refractivity contribution is 8.14. The van der Waals surface area contributed by atoms with Crippen LogP contribution in [0.1, 0.15) is 49.5 Å². The number of hydrogen-bond acceptors (Lipinski definition) is 3. The first kappa shape index (κ1) is 17.3. The van der Waals surface area contributed by atoms with Crippen LogP contribution < -0.4 is 0 Å². The third-order valence-electron chi connectivity index (χ3n) is 3.50. The Morgan fingerprint density at radius 3 is 2.50 bits per heavy atom. The molecule has 0 radical (unpaired) electrons. The van der Waals surface area contributed by atoms with Gasteiger partial charge in [-0.15, -0.1) is 0 Å². The van der Waals surface area contributed by atoms with Gasteiger partial charge in [0.05, 0.1) is 0 Å². The van der Waals surface area contributed by atoms with Gasteiger partial charge in [-0.05, 0) is 38.0 Å². The molecule has 1 rings (SSSR count). The van der Waals surface area contributed by atoms with Gasteiger partial charge in [0.25, 0.3) is 0 Å². The number of carbonyl (C=O) groups is 1. The molecule has 0 saturated carbocycles. The summed E-state index contributed by atoms with van der Waals surface area (Å²) in [5.74, 6) is 0.912. The van der Waals surface area contributed by atoms with Crippen LogP contribution in [0.25, 0.3) is 0 Å². The van der Waals surface area contributed by atoms with Crippen molar-refractivity contribution in [2.45, 2.75) is 40.0 Å². The van der Waals surface area contributed by atoms with Crippen molar-refractivity contribution in [2.75, 3.05) is 25.4 Å². The van der Waals surface area contributed by atoms with Crippen LogP contribution in [0.3, 0.4) is 0 Å². The second-order valence-corrected chi connectivity index (χ2v) is 5.99. The van der Waals surface area contributed by atoms with Crippen molar-refractivity contribution >= 4 is 16.9 Å². The molecule has 0 heterocycles. The molecular weight excluding hydrogens is 266 g/mol. The Morgan fingerprint density at radius 1 is 1.15 bits per heavy atom. The Bertz CT molecular complexity index is 402. The Balaban J connectivity index is 2.43. The molecule has 0 aliphatic rings. The Morgan fingerprint density at radius 2 is 1.85 bits per heavy atom. The number of nitrogens with zero attached hydrogens (tertiary/aromatic N) is 1. The van der Waals surface area contributed by atoms with Crippen molar-refractivity contribution in [2.24, 2.45) is 0 Å². The fourth-order valence-corrected chi connectivity index (χ4v) is 3.09. The van der Waals surface area contributed by atoms with Crippen LogP contribution in [0, 0.1) is 0 Å². The van der Waals surface area contributed by atoms with Gasteiger partial charge >= 0.3 is 0 Å². The molecule has 0 N–H and O–H groups in total. The molecule has 0 aliphatic heterocycles. The fraction of sp³-hybridized carbons (Fsp3) is 0.588. The largest absolute Gasteiger partial charge is 0.304 e. The maximum atomic E-state index is 12.3. The lowest BCUT2D eigenvalue weighted by atomic mass is 10.0. The van der Waals surface area contributed by atoms with E-state index in [4.69, 9.17) is 0 Å². The SMILES string of the molecule is CCCc1ccccc1C(=O)SCCCN(CC)CC. The summed E-state index contributed by atoms with van der Waals surface area (Å²) in [6.07, 6.45) is 3.15. The van der Waals surface area contributed by atoms with E-state index in [1.165, 1.54) is 17.3 Å². The maximum absolute atomic E-state index is 12.3. The van der Waals surface area contributed by atoms with Crippen molar-refractivity contribution < 1.29 is 4.79 Å². The molecule has 0 atom stereocenters. The summed E-state index contributed by atoms with van der Waals surface area (Å²) >= 11 is 1.47. The van der Waals surface area contributed by atoms with Crippen molar-refractivity contribution in [3.05, 3.63) is 35.4 Å². The van der Waals surface area contributed by atoms with Crippen molar-refractivity contribution in [3.63, 3.8) is 0 Å². The Labute approximate surface area is 127 Å². The standard InChI is InChI=1S/C17H27NOS/c1-4-10-15-11-7-8-12-16(15)17(19)20-14-9-13-18(5-2)6-3/h7-8,11-12H,4-6,9-10,13-14H2,1-3H3. The lowest BCUT2D eigenvalue weighted by Gasteiger charge is -2.17. The minimum absolute atomic E-state index is 0.230. The van der Waals surface area contributed by atoms with Gasteiger partial charge in [-0.1, -0.05) is 63.2 Å². The Kier molecular flexibility index (Phi) is 8.63. The first-order chi connectivity index (χ1) is 9.72. The fourth-order valence-electron chi connectivity index (χ4n) is 2.28. The molecule has 1 aromatic carbocycles. The topological polar surface area (TPSA) is 20.3 Å². The summed E-state index contributed by atoms with van der Waals surface area (Å²) < 4.78 is 0. The average molecular weight is 293 g/mol. The third kappa shape index (κ3) is 5.68. The quantitative estimate of drug-likeness (QED) is 0.635. The van der Waals surface area contributed by atoms with Gasteiger partial charge < -0.3 is 4.90 Å². The number of hydrogen-bond donors (Lipinski definition) is 0. The van der Waals surface area contributed by atoms with E-state index in [1.807, 2.05) is 18.2 Å². The van der Waals surface area contributed by atoms with Gasteiger partial charge in [0.2, 0.25) is 5.12 Å². The minimum atomic E-state index is 0.230. The summed E-state index contributed by atoms with van der Waals surface area (Å²) in [5.41, 5.74) is 2.10. The normalized spacial score (nSPS) is 11.0.